The highest BCUT2D eigenvalue weighted by Crippen LogP contribution is 2.31. The van der Waals surface area contributed by atoms with Crippen molar-refractivity contribution in [2.75, 3.05) is 25.0 Å². The van der Waals surface area contributed by atoms with Crippen molar-refractivity contribution in [3.8, 4) is 0 Å². The van der Waals surface area contributed by atoms with E-state index in [1.165, 1.54) is 10.4 Å². The number of halogens is 1. The van der Waals surface area contributed by atoms with Gasteiger partial charge in [0.25, 0.3) is 0 Å². The molecule has 174 valence electrons. The smallest absolute Gasteiger partial charge is 0.246 e. The maximum absolute atomic E-state index is 13.1. The zero-order valence-electron chi connectivity index (χ0n) is 18.6. The van der Waals surface area contributed by atoms with Crippen LogP contribution in [0, 0.1) is 5.92 Å². The summed E-state index contributed by atoms with van der Waals surface area (Å²) in [7, 11) is -3.63. The third kappa shape index (κ3) is 4.75. The van der Waals surface area contributed by atoms with Crippen LogP contribution in [0.25, 0.3) is 0 Å². The van der Waals surface area contributed by atoms with Gasteiger partial charge < -0.3 is 5.32 Å². The standard InChI is InChI=1S/C21H29BrN6O3S/c1-14(2)26-8-7-19-18(12-26)24-25-28(19)13-21(29)23-16-4-5-17(22)20(10-16)32(30,31)27-9-6-15(3)11-27/h4-5,10,14-15H,6-9,11-13H2,1-3H3,(H,23,29)/t15-/m0/s1. The van der Waals surface area contributed by atoms with Gasteiger partial charge in [-0.1, -0.05) is 12.1 Å². The molecule has 2 aliphatic heterocycles. The number of amides is 1. The number of fused-ring (bicyclic) bond motifs is 1. The Bertz CT molecular complexity index is 1120. The molecule has 2 aromatic rings. The third-order valence-corrected chi connectivity index (χ3v) is 9.01. The van der Waals surface area contributed by atoms with Gasteiger partial charge in [0.2, 0.25) is 15.9 Å². The molecule has 1 aromatic carbocycles. The second kappa shape index (κ2) is 9.20. The Morgan fingerprint density at radius 2 is 2.09 bits per heavy atom. The Balaban J connectivity index is 1.47. The highest BCUT2D eigenvalue weighted by Gasteiger charge is 2.32. The van der Waals surface area contributed by atoms with E-state index in [2.05, 4.69) is 50.3 Å². The van der Waals surface area contributed by atoms with E-state index in [9.17, 15) is 13.2 Å². The van der Waals surface area contributed by atoms with Gasteiger partial charge in [0, 0.05) is 48.8 Å². The van der Waals surface area contributed by atoms with Crippen LogP contribution in [-0.2, 0) is 34.3 Å². The second-order valence-electron chi connectivity index (χ2n) is 8.90. The first-order chi connectivity index (χ1) is 15.1. The average Bonchev–Trinajstić information content (AvgIpc) is 3.35. The second-order valence-corrected chi connectivity index (χ2v) is 11.7. The summed E-state index contributed by atoms with van der Waals surface area (Å²) < 4.78 is 29.8. The van der Waals surface area contributed by atoms with Gasteiger partial charge in [-0.25, -0.2) is 13.1 Å². The van der Waals surface area contributed by atoms with Crippen molar-refractivity contribution in [1.29, 1.82) is 0 Å². The molecule has 1 amide bonds. The van der Waals surface area contributed by atoms with E-state index in [0.29, 0.717) is 35.2 Å². The van der Waals surface area contributed by atoms with Crippen molar-refractivity contribution in [3.05, 3.63) is 34.1 Å². The first-order valence-electron chi connectivity index (χ1n) is 10.9. The monoisotopic (exact) mass is 524 g/mol. The number of hydrogen-bond acceptors (Lipinski definition) is 6. The Morgan fingerprint density at radius 3 is 2.78 bits per heavy atom. The molecule has 4 rings (SSSR count). The molecule has 32 heavy (non-hydrogen) atoms. The van der Waals surface area contributed by atoms with Crippen LogP contribution >= 0.6 is 15.9 Å². The maximum Gasteiger partial charge on any atom is 0.246 e. The molecule has 9 nitrogen and oxygen atoms in total. The van der Waals surface area contributed by atoms with Crippen LogP contribution in [0.2, 0.25) is 0 Å². The molecule has 0 radical (unpaired) electrons. The quantitative estimate of drug-likeness (QED) is 0.622. The van der Waals surface area contributed by atoms with Crippen LogP contribution in [0.15, 0.2) is 27.6 Å². The number of carbonyl (C=O) groups is 1. The van der Waals surface area contributed by atoms with Crippen molar-refractivity contribution >= 4 is 37.5 Å². The lowest BCUT2D eigenvalue weighted by molar-refractivity contribution is -0.117. The molecule has 11 heteroatoms. The zero-order valence-corrected chi connectivity index (χ0v) is 21.0. The van der Waals surface area contributed by atoms with E-state index in [1.807, 2.05) is 6.92 Å². The fourth-order valence-corrected chi connectivity index (χ4v) is 6.75. The normalized spacial score (nSPS) is 20.0. The van der Waals surface area contributed by atoms with E-state index in [4.69, 9.17) is 0 Å². The number of carbonyl (C=O) groups excluding carboxylic acids is 1. The largest absolute Gasteiger partial charge is 0.324 e. The van der Waals surface area contributed by atoms with Crippen molar-refractivity contribution in [3.63, 3.8) is 0 Å². The predicted octanol–water partition coefficient (Wildman–Crippen LogP) is 2.48. The van der Waals surface area contributed by atoms with Crippen LogP contribution < -0.4 is 5.32 Å². The number of rotatable bonds is 6. The van der Waals surface area contributed by atoms with Gasteiger partial charge >= 0.3 is 0 Å². The highest BCUT2D eigenvalue weighted by atomic mass is 79.9. The number of nitrogens with zero attached hydrogens (tertiary/aromatic N) is 5. The summed E-state index contributed by atoms with van der Waals surface area (Å²) in [5.74, 6) is 0.0668. The van der Waals surface area contributed by atoms with Crippen molar-refractivity contribution < 1.29 is 13.2 Å². The minimum atomic E-state index is -3.63. The summed E-state index contributed by atoms with van der Waals surface area (Å²) in [5, 5.41) is 11.2. The number of aromatic nitrogens is 3. The highest BCUT2D eigenvalue weighted by molar-refractivity contribution is 9.10. The molecule has 0 saturated carbocycles. The van der Waals surface area contributed by atoms with Crippen molar-refractivity contribution in [2.24, 2.45) is 5.92 Å². The number of nitrogens with one attached hydrogen (secondary N) is 1. The first-order valence-corrected chi connectivity index (χ1v) is 13.1. The summed E-state index contributed by atoms with van der Waals surface area (Å²) in [6.07, 6.45) is 1.65. The number of anilines is 1. The number of sulfonamides is 1. The lowest BCUT2D eigenvalue weighted by Crippen LogP contribution is -2.36. The summed E-state index contributed by atoms with van der Waals surface area (Å²) >= 11 is 3.35. The van der Waals surface area contributed by atoms with E-state index in [-0.39, 0.29) is 17.3 Å². The SMILES string of the molecule is CC(C)N1CCc2c(nnn2CC(=O)Nc2ccc(Br)c(S(=O)(=O)N3CC[C@H](C)C3)c2)C1. The molecule has 1 aromatic heterocycles. The van der Waals surface area contributed by atoms with Gasteiger partial charge in [-0.05, 0) is 60.3 Å². The van der Waals surface area contributed by atoms with Crippen LogP contribution in [0.3, 0.4) is 0 Å². The molecule has 3 heterocycles. The fourth-order valence-electron chi connectivity index (χ4n) is 4.22. The van der Waals surface area contributed by atoms with Crippen LogP contribution in [-0.4, -0.2) is 64.2 Å². The summed E-state index contributed by atoms with van der Waals surface area (Å²) in [4.78, 5) is 15.2. The molecule has 1 fully saturated rings. The van der Waals surface area contributed by atoms with Crippen LogP contribution in [0.1, 0.15) is 38.6 Å². The van der Waals surface area contributed by atoms with Gasteiger partial charge in [0.05, 0.1) is 16.3 Å². The van der Waals surface area contributed by atoms with Crippen LogP contribution in [0.4, 0.5) is 5.69 Å². The lowest BCUT2D eigenvalue weighted by atomic mass is 10.1. The molecule has 1 saturated heterocycles. The zero-order chi connectivity index (χ0) is 23.0. The molecule has 1 N–H and O–H groups in total. The summed E-state index contributed by atoms with van der Waals surface area (Å²) in [6.45, 7) is 9.05. The Kier molecular flexibility index (Phi) is 6.71. The van der Waals surface area contributed by atoms with Crippen molar-refractivity contribution in [2.45, 2.75) is 57.6 Å². The van der Waals surface area contributed by atoms with Crippen LogP contribution in [0.5, 0.6) is 0 Å². The topological polar surface area (TPSA) is 100 Å². The molecule has 0 bridgehead atoms. The minimum absolute atomic E-state index is 0.0335. The van der Waals surface area contributed by atoms with Gasteiger partial charge in [-0.3, -0.25) is 9.69 Å². The number of hydrogen-bond donors (Lipinski definition) is 1. The Hall–Kier alpha value is -1.82. The van der Waals surface area contributed by atoms with Gasteiger partial charge in [-0.15, -0.1) is 5.10 Å². The fraction of sp³-hybridized carbons (Fsp3) is 0.571. The Labute approximate surface area is 197 Å². The molecule has 0 aliphatic carbocycles. The minimum Gasteiger partial charge on any atom is -0.324 e. The first kappa shape index (κ1) is 23.3. The van der Waals surface area contributed by atoms with Gasteiger partial charge in [-0.2, -0.15) is 4.31 Å². The van der Waals surface area contributed by atoms with Gasteiger partial charge in [0.15, 0.2) is 0 Å². The summed E-state index contributed by atoms with van der Waals surface area (Å²) in [5.41, 5.74) is 2.33. The third-order valence-electron chi connectivity index (χ3n) is 6.15. The molecular weight excluding hydrogens is 496 g/mol. The Morgan fingerprint density at radius 1 is 1.31 bits per heavy atom. The van der Waals surface area contributed by atoms with E-state index in [1.54, 1.807) is 16.8 Å². The van der Waals surface area contributed by atoms with E-state index < -0.39 is 10.0 Å². The molecule has 0 spiro atoms. The molecule has 1 atom stereocenters. The molecular formula is C21H29BrN6O3S. The van der Waals surface area contributed by atoms with E-state index in [0.717, 1.165) is 37.3 Å². The molecule has 2 aliphatic rings. The lowest BCUT2D eigenvalue weighted by Gasteiger charge is -2.29. The molecule has 0 unspecified atom stereocenters. The number of benzene rings is 1. The van der Waals surface area contributed by atoms with Crippen molar-refractivity contribution in [1.82, 2.24) is 24.2 Å². The van der Waals surface area contributed by atoms with Gasteiger partial charge in [0.1, 0.15) is 6.54 Å². The predicted molar refractivity (Wildman–Crippen MR) is 125 cm³/mol. The van der Waals surface area contributed by atoms with E-state index >= 15 is 0 Å². The maximum atomic E-state index is 13.1. The average molecular weight is 525 g/mol. The summed E-state index contributed by atoms with van der Waals surface area (Å²) in [6, 6.07) is 5.28.